The van der Waals surface area contributed by atoms with Crippen LogP contribution >= 0.6 is 0 Å². The van der Waals surface area contributed by atoms with Crippen LogP contribution in [0.25, 0.3) is 0 Å². The zero-order chi connectivity index (χ0) is 11.7. The smallest absolute Gasteiger partial charge is 0.320 e. The third-order valence-corrected chi connectivity index (χ3v) is 2.94. The van der Waals surface area contributed by atoms with E-state index in [-0.39, 0.29) is 6.03 Å². The van der Waals surface area contributed by atoms with Gasteiger partial charge in [-0.25, -0.2) is 4.79 Å². The third kappa shape index (κ3) is 1.95. The Morgan fingerprint density at radius 3 is 2.69 bits per heavy atom. The molecule has 1 fully saturated rings. The van der Waals surface area contributed by atoms with Crippen LogP contribution < -0.4 is 16.4 Å². The quantitative estimate of drug-likeness (QED) is 0.698. The molecule has 1 aromatic rings. The molecule has 1 aliphatic rings. The van der Waals surface area contributed by atoms with Gasteiger partial charge in [0.15, 0.2) is 5.82 Å². The summed E-state index contributed by atoms with van der Waals surface area (Å²) in [5.41, 5.74) is 7.05. The maximum absolute atomic E-state index is 11.6. The van der Waals surface area contributed by atoms with Crippen LogP contribution in [0.3, 0.4) is 0 Å². The maximum atomic E-state index is 11.6. The van der Waals surface area contributed by atoms with E-state index < -0.39 is 0 Å². The van der Waals surface area contributed by atoms with Gasteiger partial charge in [0.05, 0.1) is 11.4 Å². The molecular formula is C10H17N5O. The average Bonchev–Trinajstić information content (AvgIpc) is 2.39. The molecule has 2 rings (SSSR count). The zero-order valence-electron chi connectivity index (χ0n) is 9.58. The Morgan fingerprint density at radius 1 is 1.56 bits per heavy atom. The molecule has 0 spiro atoms. The van der Waals surface area contributed by atoms with Crippen molar-refractivity contribution in [2.45, 2.75) is 32.2 Å². The van der Waals surface area contributed by atoms with Crippen molar-refractivity contribution in [2.75, 3.05) is 11.1 Å². The van der Waals surface area contributed by atoms with Crippen molar-refractivity contribution in [1.82, 2.24) is 15.1 Å². The number of amides is 2. The minimum atomic E-state index is -0.209. The van der Waals surface area contributed by atoms with E-state index in [9.17, 15) is 4.79 Å². The molecule has 1 aromatic heterocycles. The number of aryl methyl sites for hydroxylation is 2. The zero-order valence-corrected chi connectivity index (χ0v) is 9.58. The van der Waals surface area contributed by atoms with Crippen molar-refractivity contribution in [3.05, 3.63) is 5.69 Å². The van der Waals surface area contributed by atoms with Gasteiger partial charge < -0.3 is 11.1 Å². The summed E-state index contributed by atoms with van der Waals surface area (Å²) in [5, 5.41) is 9.73. The van der Waals surface area contributed by atoms with Crippen molar-refractivity contribution in [2.24, 2.45) is 7.05 Å². The molecule has 4 N–H and O–H groups in total. The summed E-state index contributed by atoms with van der Waals surface area (Å²) < 4.78 is 1.57. The van der Waals surface area contributed by atoms with E-state index in [1.165, 1.54) is 6.42 Å². The van der Waals surface area contributed by atoms with Gasteiger partial charge in [0.2, 0.25) is 0 Å². The number of nitrogens with zero attached hydrogens (tertiary/aromatic N) is 2. The molecule has 16 heavy (non-hydrogen) atoms. The third-order valence-electron chi connectivity index (χ3n) is 2.94. The summed E-state index contributed by atoms with van der Waals surface area (Å²) >= 11 is 0. The van der Waals surface area contributed by atoms with E-state index in [4.69, 9.17) is 5.73 Å². The molecule has 1 heterocycles. The number of anilines is 2. The fraction of sp³-hybridized carbons (Fsp3) is 0.600. The summed E-state index contributed by atoms with van der Waals surface area (Å²) in [7, 11) is 1.75. The lowest BCUT2D eigenvalue weighted by Crippen LogP contribution is -2.42. The molecule has 0 unspecified atom stereocenters. The molecule has 0 aliphatic heterocycles. The molecule has 6 nitrogen and oxygen atoms in total. The summed E-state index contributed by atoms with van der Waals surface area (Å²) in [5.74, 6) is 0.550. The predicted molar refractivity (Wildman–Crippen MR) is 62.2 cm³/mol. The lowest BCUT2D eigenvalue weighted by molar-refractivity contribution is 0.240. The van der Waals surface area contributed by atoms with Gasteiger partial charge >= 0.3 is 6.03 Å². The van der Waals surface area contributed by atoms with Crippen molar-refractivity contribution >= 4 is 17.5 Å². The second-order valence-corrected chi connectivity index (χ2v) is 4.20. The van der Waals surface area contributed by atoms with Gasteiger partial charge in [-0.15, -0.1) is 0 Å². The lowest BCUT2D eigenvalue weighted by atomic mass is 9.93. The van der Waals surface area contributed by atoms with Crippen LogP contribution in [-0.4, -0.2) is 21.9 Å². The minimum Gasteiger partial charge on any atom is -0.394 e. The first-order chi connectivity index (χ1) is 7.58. The van der Waals surface area contributed by atoms with Crippen LogP contribution in [-0.2, 0) is 7.05 Å². The number of carbonyl (C=O) groups excluding carboxylic acids is 1. The van der Waals surface area contributed by atoms with E-state index in [1.54, 1.807) is 11.7 Å². The van der Waals surface area contributed by atoms with E-state index in [0.717, 1.165) is 18.5 Å². The number of hydrogen-bond acceptors (Lipinski definition) is 3. The summed E-state index contributed by atoms with van der Waals surface area (Å²) in [6.07, 6.45) is 3.32. The molecule has 6 heteroatoms. The second kappa shape index (κ2) is 4.03. The number of nitrogens with one attached hydrogen (secondary N) is 2. The monoisotopic (exact) mass is 223 g/mol. The molecule has 88 valence electrons. The Balaban J connectivity index is 1.99. The Labute approximate surface area is 94.2 Å². The highest BCUT2D eigenvalue weighted by atomic mass is 16.2. The van der Waals surface area contributed by atoms with Crippen molar-refractivity contribution < 1.29 is 4.79 Å². The van der Waals surface area contributed by atoms with Gasteiger partial charge in [-0.1, -0.05) is 0 Å². The van der Waals surface area contributed by atoms with Gasteiger partial charge in [-0.05, 0) is 26.2 Å². The van der Waals surface area contributed by atoms with Crippen LogP contribution in [0.15, 0.2) is 0 Å². The van der Waals surface area contributed by atoms with Crippen molar-refractivity contribution in [3.8, 4) is 0 Å². The topological polar surface area (TPSA) is 85.0 Å². The van der Waals surface area contributed by atoms with Crippen LogP contribution in [0.5, 0.6) is 0 Å². The molecule has 0 radical (unpaired) electrons. The first-order valence-corrected chi connectivity index (χ1v) is 5.44. The Hall–Kier alpha value is -1.72. The van der Waals surface area contributed by atoms with Gasteiger partial charge in [-0.2, -0.15) is 5.10 Å². The van der Waals surface area contributed by atoms with Crippen LogP contribution in [0.2, 0.25) is 0 Å². The van der Waals surface area contributed by atoms with E-state index in [0.29, 0.717) is 17.5 Å². The SMILES string of the molecule is Cc1nn(C)c(NC(=O)NC2CCC2)c1N. The number of urea groups is 1. The predicted octanol–water partition coefficient (Wildman–Crippen LogP) is 0.985. The molecule has 1 saturated carbocycles. The van der Waals surface area contributed by atoms with Gasteiger partial charge in [0.1, 0.15) is 0 Å². The van der Waals surface area contributed by atoms with Gasteiger partial charge in [0.25, 0.3) is 0 Å². The Morgan fingerprint density at radius 2 is 2.25 bits per heavy atom. The molecule has 0 saturated heterocycles. The molecule has 0 aromatic carbocycles. The molecular weight excluding hydrogens is 206 g/mol. The fourth-order valence-corrected chi connectivity index (χ4v) is 1.70. The molecule has 0 bridgehead atoms. The molecule has 0 atom stereocenters. The van der Waals surface area contributed by atoms with E-state index >= 15 is 0 Å². The highest BCUT2D eigenvalue weighted by Crippen LogP contribution is 2.21. The standard InChI is InChI=1S/C10H17N5O/c1-6-8(11)9(15(2)14-6)13-10(16)12-7-4-3-5-7/h7H,3-5,11H2,1-2H3,(H2,12,13,16). The summed E-state index contributed by atoms with van der Waals surface area (Å²) in [6, 6.07) is 0.106. The van der Waals surface area contributed by atoms with Gasteiger partial charge in [0, 0.05) is 13.1 Å². The van der Waals surface area contributed by atoms with Gasteiger partial charge in [-0.3, -0.25) is 10.00 Å². The number of hydrogen-bond donors (Lipinski definition) is 3. The van der Waals surface area contributed by atoms with Crippen LogP contribution in [0, 0.1) is 6.92 Å². The largest absolute Gasteiger partial charge is 0.394 e. The highest BCUT2D eigenvalue weighted by Gasteiger charge is 2.20. The van der Waals surface area contributed by atoms with Crippen LogP contribution in [0.4, 0.5) is 16.3 Å². The van der Waals surface area contributed by atoms with E-state index in [2.05, 4.69) is 15.7 Å². The van der Waals surface area contributed by atoms with Crippen molar-refractivity contribution in [1.29, 1.82) is 0 Å². The van der Waals surface area contributed by atoms with Crippen molar-refractivity contribution in [3.63, 3.8) is 0 Å². The highest BCUT2D eigenvalue weighted by molar-refractivity contribution is 5.91. The normalized spacial score (nSPS) is 15.6. The minimum absolute atomic E-state index is 0.209. The first-order valence-electron chi connectivity index (χ1n) is 5.44. The molecule has 2 amide bonds. The number of nitrogens with two attached hydrogens (primary N) is 1. The summed E-state index contributed by atoms with van der Waals surface area (Å²) in [6.45, 7) is 1.81. The first kappa shape index (κ1) is 10.8. The fourth-order valence-electron chi connectivity index (χ4n) is 1.70. The lowest BCUT2D eigenvalue weighted by Gasteiger charge is -2.26. The number of nitrogen functional groups attached to an aromatic ring is 1. The Bertz CT molecular complexity index is 408. The number of rotatable bonds is 2. The van der Waals surface area contributed by atoms with Crippen LogP contribution in [0.1, 0.15) is 25.0 Å². The Kier molecular flexibility index (Phi) is 2.72. The average molecular weight is 223 g/mol. The molecule has 1 aliphatic carbocycles. The summed E-state index contributed by atoms with van der Waals surface area (Å²) in [4.78, 5) is 11.6. The second-order valence-electron chi connectivity index (χ2n) is 4.20. The van der Waals surface area contributed by atoms with E-state index in [1.807, 2.05) is 6.92 Å². The maximum Gasteiger partial charge on any atom is 0.320 e. The number of aromatic nitrogens is 2. The number of carbonyl (C=O) groups is 1.